The van der Waals surface area contributed by atoms with Crippen LogP contribution >= 0.6 is 0 Å². The molecule has 1 saturated heterocycles. The van der Waals surface area contributed by atoms with Gasteiger partial charge in [0.25, 0.3) is 0 Å². The predicted molar refractivity (Wildman–Crippen MR) is 175 cm³/mol. The summed E-state index contributed by atoms with van der Waals surface area (Å²) in [5.74, 6) is -0.486. The van der Waals surface area contributed by atoms with E-state index in [2.05, 4.69) is 0 Å². The van der Waals surface area contributed by atoms with Crippen molar-refractivity contribution in [1.82, 2.24) is 0 Å². The zero-order valence-electron chi connectivity index (χ0n) is 28.9. The SMILES string of the molecule is C/C=C\C=C(/C)C(OC)OCC1CC(O)[C@@H](O)C(O[C@@H]2c3cc4c(cc3C(C3C=C(OC)C(O)C(OC)C3)C(C=O)[C@@H]2COC)OCO4)O1. The number of benzene rings is 1. The minimum Gasteiger partial charge on any atom is -0.499 e. The van der Waals surface area contributed by atoms with Gasteiger partial charge in [0.15, 0.2) is 24.1 Å². The van der Waals surface area contributed by atoms with Gasteiger partial charge < -0.3 is 62.7 Å². The zero-order chi connectivity index (χ0) is 35.2. The van der Waals surface area contributed by atoms with E-state index in [0.717, 1.165) is 17.4 Å². The number of ether oxygens (including phenoxy) is 9. The lowest BCUT2D eigenvalue weighted by Crippen LogP contribution is -2.52. The molecule has 1 fully saturated rings. The molecule has 0 saturated carbocycles. The second-order valence-corrected chi connectivity index (χ2v) is 12.9. The third-order valence-electron chi connectivity index (χ3n) is 9.94. The molecule has 1 aromatic carbocycles. The Bertz CT molecular complexity index is 1360. The number of allylic oxidation sites excluding steroid dienone is 4. The van der Waals surface area contributed by atoms with E-state index in [1.54, 1.807) is 14.2 Å². The standard InChI is InChI=1S/C36H50O13/c1-7-8-9-19(2)35(44-6)45-16-21-12-26(38)32(39)36(48-21)49-34-23-14-28-27(46-18-47-28)13-22(23)31(24(15-37)25(34)17-41-3)20-10-29(42-4)33(40)30(11-20)43-5/h7-10,13-15,20-21,24-26,30-36,38-40H,11-12,16-18H2,1-6H3/b8-7-,19-9+/t20?,21?,24?,25-,26?,30?,31?,32+,33?,34+,35?,36?/m0/s1. The van der Waals surface area contributed by atoms with Crippen LogP contribution in [0.15, 0.2) is 47.8 Å². The van der Waals surface area contributed by atoms with Crippen molar-refractivity contribution in [3.05, 3.63) is 58.9 Å². The maximum absolute atomic E-state index is 13.2. The van der Waals surface area contributed by atoms with E-state index in [4.69, 9.17) is 42.6 Å². The monoisotopic (exact) mass is 690 g/mol. The molecule has 9 unspecified atom stereocenters. The molecule has 0 amide bonds. The summed E-state index contributed by atoms with van der Waals surface area (Å²) in [6.07, 6.45) is 1.53. The quantitative estimate of drug-likeness (QED) is 0.149. The number of carbonyl (C=O) groups is 1. The number of aliphatic hydroxyl groups excluding tert-OH is 3. The fourth-order valence-electron chi connectivity index (χ4n) is 7.49. The second kappa shape index (κ2) is 16.9. The third kappa shape index (κ3) is 7.90. The van der Waals surface area contributed by atoms with Gasteiger partial charge in [-0.1, -0.05) is 18.2 Å². The zero-order valence-corrected chi connectivity index (χ0v) is 28.9. The number of methoxy groups -OCH3 is 4. The van der Waals surface area contributed by atoms with Crippen LogP contribution in [0.2, 0.25) is 0 Å². The van der Waals surface area contributed by atoms with Gasteiger partial charge in [-0.2, -0.15) is 0 Å². The van der Waals surface area contributed by atoms with Gasteiger partial charge in [0.1, 0.15) is 24.3 Å². The third-order valence-corrected chi connectivity index (χ3v) is 9.94. The van der Waals surface area contributed by atoms with Crippen LogP contribution in [0, 0.1) is 17.8 Å². The average Bonchev–Trinajstić information content (AvgIpc) is 3.57. The molecule has 49 heavy (non-hydrogen) atoms. The van der Waals surface area contributed by atoms with Gasteiger partial charge in [0, 0.05) is 45.5 Å². The number of hydrogen-bond acceptors (Lipinski definition) is 13. The molecule has 272 valence electrons. The molecule has 3 N–H and O–H groups in total. The molecule has 2 aliphatic heterocycles. The normalized spacial score (nSPS) is 35.2. The number of rotatable bonds is 14. The van der Waals surface area contributed by atoms with Gasteiger partial charge in [0.2, 0.25) is 6.79 Å². The molecule has 5 rings (SSSR count). The highest BCUT2D eigenvalue weighted by Gasteiger charge is 2.51. The van der Waals surface area contributed by atoms with Crippen molar-refractivity contribution in [3.8, 4) is 11.5 Å². The summed E-state index contributed by atoms with van der Waals surface area (Å²) in [6.45, 7) is 4.02. The average molecular weight is 691 g/mol. The van der Waals surface area contributed by atoms with Gasteiger partial charge in [-0.15, -0.1) is 0 Å². The number of fused-ring (bicyclic) bond motifs is 2. The van der Waals surface area contributed by atoms with Crippen molar-refractivity contribution in [3.63, 3.8) is 0 Å². The maximum Gasteiger partial charge on any atom is 0.231 e. The van der Waals surface area contributed by atoms with Gasteiger partial charge in [0.05, 0.1) is 44.7 Å². The molecule has 12 atom stereocenters. The van der Waals surface area contributed by atoms with Crippen LogP contribution in [0.3, 0.4) is 0 Å². The molecule has 0 spiro atoms. The summed E-state index contributed by atoms with van der Waals surface area (Å²) in [6, 6.07) is 3.70. The van der Waals surface area contributed by atoms with Gasteiger partial charge in [-0.05, 0) is 61.1 Å². The second-order valence-electron chi connectivity index (χ2n) is 12.9. The van der Waals surface area contributed by atoms with Crippen LogP contribution in [0.4, 0.5) is 0 Å². The van der Waals surface area contributed by atoms with Crippen molar-refractivity contribution in [2.24, 2.45) is 17.8 Å². The van der Waals surface area contributed by atoms with E-state index >= 15 is 0 Å². The Balaban J connectivity index is 1.49. The number of hydrogen-bond donors (Lipinski definition) is 3. The lowest BCUT2D eigenvalue weighted by Gasteiger charge is -2.47. The highest BCUT2D eigenvalue weighted by atomic mass is 16.7. The summed E-state index contributed by atoms with van der Waals surface area (Å²) < 4.78 is 52.7. The first-order valence-electron chi connectivity index (χ1n) is 16.6. The topological polar surface area (TPSA) is 161 Å². The van der Waals surface area contributed by atoms with Crippen molar-refractivity contribution >= 4 is 6.29 Å². The van der Waals surface area contributed by atoms with Crippen molar-refractivity contribution < 1.29 is 62.7 Å². The molecule has 1 aromatic rings. The van der Waals surface area contributed by atoms with E-state index in [9.17, 15) is 20.1 Å². The van der Waals surface area contributed by atoms with E-state index in [-0.39, 0.29) is 32.3 Å². The summed E-state index contributed by atoms with van der Waals surface area (Å²) >= 11 is 0. The van der Waals surface area contributed by atoms with Crippen LogP contribution in [-0.2, 0) is 38.0 Å². The van der Waals surface area contributed by atoms with Crippen molar-refractivity contribution in [2.45, 2.75) is 81.8 Å². The number of aliphatic hydroxyl groups is 3. The van der Waals surface area contributed by atoms with Crippen LogP contribution in [-0.4, -0.2) is 113 Å². The van der Waals surface area contributed by atoms with Crippen molar-refractivity contribution in [1.29, 1.82) is 0 Å². The molecule has 2 heterocycles. The Labute approximate surface area is 287 Å². The van der Waals surface area contributed by atoms with E-state index in [1.807, 2.05) is 50.3 Å². The molecule has 4 aliphatic rings. The lowest BCUT2D eigenvalue weighted by molar-refractivity contribution is -0.299. The Morgan fingerprint density at radius 1 is 1.04 bits per heavy atom. The largest absolute Gasteiger partial charge is 0.499 e. The summed E-state index contributed by atoms with van der Waals surface area (Å²) in [5.41, 5.74) is 2.32. The minimum absolute atomic E-state index is 0.0340. The Hall–Kier alpha value is -2.85. The first-order valence-corrected chi connectivity index (χ1v) is 16.6. The summed E-state index contributed by atoms with van der Waals surface area (Å²) in [5, 5.41) is 32.9. The first kappa shape index (κ1) is 37.4. The molecule has 13 heteroatoms. The van der Waals surface area contributed by atoms with Crippen LogP contribution in [0.25, 0.3) is 0 Å². The maximum atomic E-state index is 13.2. The number of aldehydes is 1. The summed E-state index contributed by atoms with van der Waals surface area (Å²) in [7, 11) is 6.11. The molecule has 13 nitrogen and oxygen atoms in total. The van der Waals surface area contributed by atoms with Crippen LogP contribution < -0.4 is 9.47 Å². The lowest BCUT2D eigenvalue weighted by atomic mass is 9.62. The molecule has 0 radical (unpaired) electrons. The predicted octanol–water partition coefficient (Wildman–Crippen LogP) is 2.92. The molecular weight excluding hydrogens is 640 g/mol. The Morgan fingerprint density at radius 3 is 2.41 bits per heavy atom. The highest BCUT2D eigenvalue weighted by Crippen LogP contribution is 2.55. The van der Waals surface area contributed by atoms with Crippen molar-refractivity contribution in [2.75, 3.05) is 48.4 Å². The fourth-order valence-corrected chi connectivity index (χ4v) is 7.49. The molecule has 0 bridgehead atoms. The smallest absolute Gasteiger partial charge is 0.231 e. The van der Waals surface area contributed by atoms with E-state index in [1.165, 1.54) is 14.2 Å². The number of carbonyl (C=O) groups excluding carboxylic acids is 1. The summed E-state index contributed by atoms with van der Waals surface area (Å²) in [4.78, 5) is 13.2. The first-order chi connectivity index (χ1) is 23.7. The van der Waals surface area contributed by atoms with Gasteiger partial charge in [-0.25, -0.2) is 0 Å². The van der Waals surface area contributed by atoms with Gasteiger partial charge in [-0.3, -0.25) is 0 Å². The minimum atomic E-state index is -1.38. The highest BCUT2D eigenvalue weighted by molar-refractivity contribution is 5.62. The Kier molecular flexibility index (Phi) is 12.9. The van der Waals surface area contributed by atoms with Crippen LogP contribution in [0.1, 0.15) is 49.8 Å². The fraction of sp³-hybridized carbons (Fsp3) is 0.639. The Morgan fingerprint density at radius 2 is 1.78 bits per heavy atom. The molecule has 2 aliphatic carbocycles. The van der Waals surface area contributed by atoms with E-state index in [0.29, 0.717) is 29.2 Å². The van der Waals surface area contributed by atoms with Gasteiger partial charge >= 0.3 is 0 Å². The molecule has 0 aromatic heterocycles. The van der Waals surface area contributed by atoms with Crippen LogP contribution in [0.5, 0.6) is 11.5 Å². The van der Waals surface area contributed by atoms with E-state index < -0.39 is 67.0 Å². The molecular formula is C36H50O13.